The first-order valence-corrected chi connectivity index (χ1v) is 8.08. The van der Waals surface area contributed by atoms with Gasteiger partial charge in [0.15, 0.2) is 9.84 Å². The van der Waals surface area contributed by atoms with Crippen molar-refractivity contribution in [3.05, 3.63) is 48.8 Å². The maximum Gasteiger partial charge on any atom is 0.222 e. The summed E-state index contributed by atoms with van der Waals surface area (Å²) in [6.45, 7) is 1.93. The molecule has 2 rings (SSSR count). The molecule has 0 aliphatic rings. The summed E-state index contributed by atoms with van der Waals surface area (Å²) < 4.78 is 24.6. The maximum absolute atomic E-state index is 12.3. The summed E-state index contributed by atoms with van der Waals surface area (Å²) >= 11 is 0. The highest BCUT2D eigenvalue weighted by Crippen LogP contribution is 2.14. The molecule has 0 radical (unpaired) electrons. The summed E-state index contributed by atoms with van der Waals surface area (Å²) in [6, 6.07) is 9.97. The molecule has 2 aromatic rings. The van der Waals surface area contributed by atoms with Gasteiger partial charge in [0.25, 0.3) is 0 Å². The van der Waals surface area contributed by atoms with Gasteiger partial charge in [-0.05, 0) is 24.6 Å². The Balaban J connectivity index is 2.10. The second kappa shape index (κ2) is 6.47. The van der Waals surface area contributed by atoms with E-state index in [1.165, 1.54) is 0 Å². The van der Waals surface area contributed by atoms with Gasteiger partial charge in [-0.3, -0.25) is 0 Å². The zero-order chi connectivity index (χ0) is 14.4. The van der Waals surface area contributed by atoms with E-state index in [0.29, 0.717) is 17.3 Å². The molecule has 0 fully saturated rings. The van der Waals surface area contributed by atoms with Gasteiger partial charge in [-0.2, -0.15) is 0 Å². The highest BCUT2D eigenvalue weighted by atomic mass is 32.2. The first-order valence-electron chi connectivity index (χ1n) is 6.43. The second-order valence-electron chi connectivity index (χ2n) is 4.42. The van der Waals surface area contributed by atoms with Crippen LogP contribution >= 0.6 is 0 Å². The molecule has 1 aromatic heterocycles. The fourth-order valence-corrected chi connectivity index (χ4v) is 3.42. The predicted molar refractivity (Wildman–Crippen MR) is 78.2 cm³/mol. The highest BCUT2D eigenvalue weighted by Gasteiger charge is 2.20. The van der Waals surface area contributed by atoms with Crippen LogP contribution < -0.4 is 5.32 Å². The lowest BCUT2D eigenvalue weighted by molar-refractivity contribution is 0.587. The van der Waals surface area contributed by atoms with Gasteiger partial charge in [0, 0.05) is 18.4 Å². The largest absolute Gasteiger partial charge is 0.350 e. The zero-order valence-electron chi connectivity index (χ0n) is 11.2. The Morgan fingerprint density at radius 2 is 1.75 bits per heavy atom. The minimum absolute atomic E-state index is 0.0196. The molecular formula is C14H17N3O2S. The molecular weight excluding hydrogens is 274 g/mol. The molecule has 0 aliphatic heterocycles. The number of anilines is 1. The summed E-state index contributed by atoms with van der Waals surface area (Å²) in [4.78, 5) is 8.45. The van der Waals surface area contributed by atoms with Crippen molar-refractivity contribution in [2.45, 2.75) is 24.3 Å². The average molecular weight is 291 g/mol. The smallest absolute Gasteiger partial charge is 0.222 e. The summed E-state index contributed by atoms with van der Waals surface area (Å²) in [5.74, 6) is 0.466. The van der Waals surface area contributed by atoms with Crippen LogP contribution in [-0.2, 0) is 9.84 Å². The maximum atomic E-state index is 12.3. The van der Waals surface area contributed by atoms with Crippen LogP contribution in [0, 0.1) is 0 Å². The van der Waals surface area contributed by atoms with Crippen LogP contribution in [0.4, 0.5) is 5.95 Å². The van der Waals surface area contributed by atoms with Crippen LogP contribution in [0.15, 0.2) is 53.7 Å². The second-order valence-corrected chi connectivity index (χ2v) is 6.45. The molecule has 1 aromatic carbocycles. The summed E-state index contributed by atoms with van der Waals surface area (Å²) in [5.41, 5.74) is 0. The molecule has 0 spiro atoms. The van der Waals surface area contributed by atoms with E-state index < -0.39 is 9.84 Å². The van der Waals surface area contributed by atoms with Crippen LogP contribution in [0.2, 0.25) is 0 Å². The number of nitrogens with one attached hydrogen (secondary N) is 1. The van der Waals surface area contributed by atoms with Gasteiger partial charge in [0.1, 0.15) is 0 Å². The fraction of sp³-hybridized carbons (Fsp3) is 0.286. The summed E-state index contributed by atoms with van der Waals surface area (Å²) in [5, 5.41) is 3.05. The van der Waals surface area contributed by atoms with Crippen LogP contribution in [0.3, 0.4) is 0 Å². The van der Waals surface area contributed by atoms with Crippen LogP contribution in [0.1, 0.15) is 13.3 Å². The standard InChI is InChI=1S/C14H17N3O2S/c1-2-12(17-14-15-9-6-10-16-14)11-20(18,19)13-7-4-3-5-8-13/h3-10,12H,2,11H2,1H3,(H,15,16,17). The van der Waals surface area contributed by atoms with Gasteiger partial charge in [-0.15, -0.1) is 0 Å². The third-order valence-electron chi connectivity index (χ3n) is 2.91. The average Bonchev–Trinajstić information content (AvgIpc) is 2.48. The first-order chi connectivity index (χ1) is 9.62. The predicted octanol–water partition coefficient (Wildman–Crippen LogP) is 2.14. The fourth-order valence-electron chi connectivity index (χ4n) is 1.81. The molecule has 1 heterocycles. The number of hydrogen-bond donors (Lipinski definition) is 1. The van der Waals surface area contributed by atoms with Crippen molar-refractivity contribution in [2.75, 3.05) is 11.1 Å². The van der Waals surface area contributed by atoms with E-state index >= 15 is 0 Å². The van der Waals surface area contributed by atoms with Crippen molar-refractivity contribution < 1.29 is 8.42 Å². The molecule has 1 unspecified atom stereocenters. The van der Waals surface area contributed by atoms with E-state index in [1.807, 2.05) is 6.92 Å². The van der Waals surface area contributed by atoms with Crippen molar-refractivity contribution in [1.82, 2.24) is 9.97 Å². The normalized spacial score (nSPS) is 12.8. The number of benzene rings is 1. The van der Waals surface area contributed by atoms with Crippen LogP contribution in [0.5, 0.6) is 0 Å². The van der Waals surface area contributed by atoms with E-state index in [-0.39, 0.29) is 11.8 Å². The van der Waals surface area contributed by atoms with Gasteiger partial charge >= 0.3 is 0 Å². The molecule has 1 N–H and O–H groups in total. The third kappa shape index (κ3) is 3.77. The molecule has 6 heteroatoms. The van der Waals surface area contributed by atoms with Crippen molar-refractivity contribution in [3.8, 4) is 0 Å². The Hall–Kier alpha value is -1.95. The van der Waals surface area contributed by atoms with E-state index in [0.717, 1.165) is 0 Å². The summed E-state index contributed by atoms with van der Waals surface area (Å²) in [7, 11) is -3.31. The molecule has 0 bridgehead atoms. The molecule has 1 atom stereocenters. The zero-order valence-corrected chi connectivity index (χ0v) is 12.0. The van der Waals surface area contributed by atoms with Crippen molar-refractivity contribution in [3.63, 3.8) is 0 Å². The number of aromatic nitrogens is 2. The lowest BCUT2D eigenvalue weighted by Crippen LogP contribution is -2.29. The molecule has 0 saturated carbocycles. The molecule has 0 amide bonds. The summed E-state index contributed by atoms with van der Waals surface area (Å²) in [6.07, 6.45) is 3.91. The van der Waals surface area contributed by atoms with Gasteiger partial charge in [0.2, 0.25) is 5.95 Å². The van der Waals surface area contributed by atoms with Crippen LogP contribution in [0.25, 0.3) is 0 Å². The molecule has 0 aliphatic carbocycles. The SMILES string of the molecule is CCC(CS(=O)(=O)c1ccccc1)Nc1ncccn1. The van der Waals surface area contributed by atoms with Crippen molar-refractivity contribution in [2.24, 2.45) is 0 Å². The van der Waals surface area contributed by atoms with Gasteiger partial charge < -0.3 is 5.32 Å². The Labute approximate surface area is 119 Å². The Bertz CT molecular complexity index is 630. The van der Waals surface area contributed by atoms with E-state index in [9.17, 15) is 8.42 Å². The Kier molecular flexibility index (Phi) is 4.68. The highest BCUT2D eigenvalue weighted by molar-refractivity contribution is 7.91. The van der Waals surface area contributed by atoms with Gasteiger partial charge in [-0.1, -0.05) is 25.1 Å². The topological polar surface area (TPSA) is 72.0 Å². The van der Waals surface area contributed by atoms with Gasteiger partial charge in [0.05, 0.1) is 10.6 Å². The minimum atomic E-state index is -3.31. The van der Waals surface area contributed by atoms with Crippen molar-refractivity contribution in [1.29, 1.82) is 0 Å². The van der Waals surface area contributed by atoms with Gasteiger partial charge in [-0.25, -0.2) is 18.4 Å². The minimum Gasteiger partial charge on any atom is -0.350 e. The van der Waals surface area contributed by atoms with Crippen LogP contribution in [-0.4, -0.2) is 30.2 Å². The number of hydrogen-bond acceptors (Lipinski definition) is 5. The van der Waals surface area contributed by atoms with E-state index in [1.54, 1.807) is 48.8 Å². The Morgan fingerprint density at radius 1 is 1.10 bits per heavy atom. The monoisotopic (exact) mass is 291 g/mol. The first kappa shape index (κ1) is 14.5. The molecule has 20 heavy (non-hydrogen) atoms. The molecule has 106 valence electrons. The third-order valence-corrected chi connectivity index (χ3v) is 4.75. The lowest BCUT2D eigenvalue weighted by Gasteiger charge is -2.16. The van der Waals surface area contributed by atoms with E-state index in [2.05, 4.69) is 15.3 Å². The number of sulfone groups is 1. The lowest BCUT2D eigenvalue weighted by atomic mass is 10.3. The molecule has 0 saturated heterocycles. The quantitative estimate of drug-likeness (QED) is 0.883. The van der Waals surface area contributed by atoms with Crippen molar-refractivity contribution >= 4 is 15.8 Å². The number of nitrogens with zero attached hydrogens (tertiary/aromatic N) is 2. The Morgan fingerprint density at radius 3 is 2.35 bits per heavy atom. The van der Waals surface area contributed by atoms with E-state index in [4.69, 9.17) is 0 Å². The number of rotatable bonds is 6. The molecule has 5 nitrogen and oxygen atoms in total.